The summed E-state index contributed by atoms with van der Waals surface area (Å²) >= 11 is 0. The number of phenols is 1. The van der Waals surface area contributed by atoms with Crippen molar-refractivity contribution in [2.75, 3.05) is 0 Å². The fourth-order valence-corrected chi connectivity index (χ4v) is 0.673. The van der Waals surface area contributed by atoms with Gasteiger partial charge in [-0.2, -0.15) is 13.2 Å². The second-order valence-corrected chi connectivity index (χ2v) is 2.77. The van der Waals surface area contributed by atoms with Gasteiger partial charge in [-0.25, -0.2) is 4.79 Å². The predicted octanol–water partition coefficient (Wildman–Crippen LogP) is 1.31. The van der Waals surface area contributed by atoms with E-state index in [2.05, 4.69) is 0 Å². The van der Waals surface area contributed by atoms with Crippen LogP contribution in [0.3, 0.4) is 0 Å². The minimum atomic E-state index is -5.08. The molecule has 0 radical (unpaired) electrons. The number of aromatic hydroxyl groups is 1. The Balaban J connectivity index is 0.000000325. The summed E-state index contributed by atoms with van der Waals surface area (Å²) in [4.78, 5) is 8.90. The Morgan fingerprint density at radius 1 is 1.35 bits per heavy atom. The minimum absolute atomic E-state index is 0.0316. The van der Waals surface area contributed by atoms with Gasteiger partial charge in [0.2, 0.25) is 0 Å². The van der Waals surface area contributed by atoms with Crippen molar-refractivity contribution in [3.05, 3.63) is 29.8 Å². The molecule has 0 aliphatic heterocycles. The van der Waals surface area contributed by atoms with E-state index in [1.165, 1.54) is 12.1 Å². The number of hydrogen-bond acceptors (Lipinski definition) is 3. The van der Waals surface area contributed by atoms with Crippen LogP contribution >= 0.6 is 0 Å². The fraction of sp³-hybridized carbons (Fsp3) is 0.111. The molecular formula is C9H9F3N2O3. The van der Waals surface area contributed by atoms with Crippen LogP contribution in [0.2, 0.25) is 0 Å². The van der Waals surface area contributed by atoms with Crippen molar-refractivity contribution in [3.63, 3.8) is 0 Å². The van der Waals surface area contributed by atoms with Crippen molar-refractivity contribution in [3.8, 4) is 5.75 Å². The molecule has 5 nitrogen and oxygen atoms in total. The highest BCUT2D eigenvalue weighted by Gasteiger charge is 2.38. The molecule has 0 aromatic heterocycles. The third-order valence-electron chi connectivity index (χ3n) is 1.40. The lowest BCUT2D eigenvalue weighted by molar-refractivity contribution is -0.192. The molecule has 0 aliphatic carbocycles. The maximum Gasteiger partial charge on any atom is 0.490 e. The first-order valence-electron chi connectivity index (χ1n) is 4.08. The van der Waals surface area contributed by atoms with Gasteiger partial charge in [0.1, 0.15) is 11.6 Å². The van der Waals surface area contributed by atoms with Crippen LogP contribution < -0.4 is 5.73 Å². The van der Waals surface area contributed by atoms with Crippen LogP contribution in [0.4, 0.5) is 13.2 Å². The summed E-state index contributed by atoms with van der Waals surface area (Å²) in [5.41, 5.74) is 5.70. The summed E-state index contributed by atoms with van der Waals surface area (Å²) in [6.45, 7) is 0. The van der Waals surface area contributed by atoms with Crippen LogP contribution in [0.25, 0.3) is 0 Å². The number of hydrogen-bond donors (Lipinski definition) is 4. The number of nitrogen functional groups attached to an aromatic ring is 1. The van der Waals surface area contributed by atoms with Gasteiger partial charge in [-0.05, 0) is 12.1 Å². The van der Waals surface area contributed by atoms with Gasteiger partial charge >= 0.3 is 12.1 Å². The van der Waals surface area contributed by atoms with Gasteiger partial charge in [-0.15, -0.1) is 0 Å². The predicted molar refractivity (Wildman–Crippen MR) is 52.8 cm³/mol. The Kier molecular flexibility index (Phi) is 4.97. The van der Waals surface area contributed by atoms with E-state index in [4.69, 9.17) is 26.2 Å². The van der Waals surface area contributed by atoms with Gasteiger partial charge in [-0.1, -0.05) is 12.1 Å². The molecular weight excluding hydrogens is 241 g/mol. The number of halogens is 3. The number of nitrogens with one attached hydrogen (secondary N) is 1. The number of aliphatic carboxylic acids is 1. The van der Waals surface area contributed by atoms with E-state index in [1.807, 2.05) is 0 Å². The number of rotatable bonds is 1. The second-order valence-electron chi connectivity index (χ2n) is 2.77. The first kappa shape index (κ1) is 14.8. The molecule has 0 bridgehead atoms. The maximum absolute atomic E-state index is 10.6. The second kappa shape index (κ2) is 5.73. The van der Waals surface area contributed by atoms with Gasteiger partial charge < -0.3 is 15.9 Å². The molecule has 94 valence electrons. The van der Waals surface area contributed by atoms with Crippen LogP contribution in [-0.4, -0.2) is 28.2 Å². The molecule has 1 aromatic rings. The lowest BCUT2D eigenvalue weighted by Crippen LogP contribution is -2.21. The molecule has 0 heterocycles. The molecule has 5 N–H and O–H groups in total. The van der Waals surface area contributed by atoms with Crippen LogP contribution in [0.5, 0.6) is 5.75 Å². The zero-order valence-electron chi connectivity index (χ0n) is 8.32. The molecule has 0 unspecified atom stereocenters. The van der Waals surface area contributed by atoms with Crippen LogP contribution in [0, 0.1) is 5.41 Å². The minimum Gasteiger partial charge on any atom is -0.508 e. The first-order chi connectivity index (χ1) is 7.64. The SMILES string of the molecule is N=C(N)c1cccc(O)c1.O=C(O)C(F)(F)F. The monoisotopic (exact) mass is 250 g/mol. The number of nitrogens with two attached hydrogens (primary N) is 1. The van der Waals surface area contributed by atoms with E-state index >= 15 is 0 Å². The summed E-state index contributed by atoms with van der Waals surface area (Å²) < 4.78 is 31.7. The maximum atomic E-state index is 10.6. The van der Waals surface area contributed by atoms with Crippen molar-refractivity contribution < 1.29 is 28.2 Å². The number of carboxylic acid groups (broad SMARTS) is 1. The quantitative estimate of drug-likeness (QED) is 0.445. The summed E-state index contributed by atoms with van der Waals surface area (Å²) in [5, 5.41) is 23.0. The van der Waals surface area contributed by atoms with E-state index in [0.29, 0.717) is 5.56 Å². The fourth-order valence-electron chi connectivity index (χ4n) is 0.673. The van der Waals surface area contributed by atoms with Crippen molar-refractivity contribution in [2.45, 2.75) is 6.18 Å². The van der Waals surface area contributed by atoms with Crippen molar-refractivity contribution in [1.29, 1.82) is 5.41 Å². The summed E-state index contributed by atoms with van der Waals surface area (Å²) in [6.07, 6.45) is -5.08. The first-order valence-corrected chi connectivity index (χ1v) is 4.08. The zero-order valence-corrected chi connectivity index (χ0v) is 8.32. The number of phenolic OH excluding ortho intramolecular Hbond substituents is 1. The van der Waals surface area contributed by atoms with Gasteiger partial charge in [0.05, 0.1) is 0 Å². The molecule has 0 spiro atoms. The molecule has 1 aromatic carbocycles. The molecule has 0 fully saturated rings. The Hall–Kier alpha value is -2.25. The third-order valence-corrected chi connectivity index (χ3v) is 1.40. The Morgan fingerprint density at radius 2 is 1.82 bits per heavy atom. The lowest BCUT2D eigenvalue weighted by Gasteiger charge is -1.96. The number of amidine groups is 1. The highest BCUT2D eigenvalue weighted by Crippen LogP contribution is 2.13. The molecule has 0 amide bonds. The number of carbonyl (C=O) groups is 1. The summed E-state index contributed by atoms with van der Waals surface area (Å²) in [7, 11) is 0. The molecule has 8 heteroatoms. The van der Waals surface area contributed by atoms with E-state index in [9.17, 15) is 13.2 Å². The van der Waals surface area contributed by atoms with E-state index in [1.54, 1.807) is 12.1 Å². The summed E-state index contributed by atoms with van der Waals surface area (Å²) in [6, 6.07) is 6.29. The molecule has 0 atom stereocenters. The summed E-state index contributed by atoms with van der Waals surface area (Å²) in [5.74, 6) is -2.66. The highest BCUT2D eigenvalue weighted by molar-refractivity contribution is 5.95. The van der Waals surface area contributed by atoms with Crippen molar-refractivity contribution in [1.82, 2.24) is 0 Å². The van der Waals surface area contributed by atoms with E-state index < -0.39 is 12.1 Å². The average Bonchev–Trinajstić information content (AvgIpc) is 2.17. The van der Waals surface area contributed by atoms with Gasteiger partial charge in [0, 0.05) is 5.56 Å². The van der Waals surface area contributed by atoms with Crippen molar-refractivity contribution >= 4 is 11.8 Å². The largest absolute Gasteiger partial charge is 0.508 e. The lowest BCUT2D eigenvalue weighted by atomic mass is 10.2. The normalized spacial score (nSPS) is 10.1. The molecule has 1 rings (SSSR count). The zero-order chi connectivity index (χ0) is 13.6. The van der Waals surface area contributed by atoms with Crippen molar-refractivity contribution in [2.24, 2.45) is 5.73 Å². The van der Waals surface area contributed by atoms with Gasteiger partial charge in [-0.3, -0.25) is 5.41 Å². The molecule has 0 aliphatic rings. The molecule has 0 saturated heterocycles. The molecule has 0 saturated carbocycles. The van der Waals surface area contributed by atoms with E-state index in [-0.39, 0.29) is 11.6 Å². The van der Waals surface area contributed by atoms with Crippen LogP contribution in [-0.2, 0) is 4.79 Å². The van der Waals surface area contributed by atoms with E-state index in [0.717, 1.165) is 0 Å². The van der Waals surface area contributed by atoms with Crippen LogP contribution in [0.1, 0.15) is 5.56 Å². The Labute approximate surface area is 93.8 Å². The topological polar surface area (TPSA) is 107 Å². The third kappa shape index (κ3) is 6.03. The smallest absolute Gasteiger partial charge is 0.490 e. The van der Waals surface area contributed by atoms with Gasteiger partial charge in [0.15, 0.2) is 0 Å². The van der Waals surface area contributed by atoms with Crippen LogP contribution in [0.15, 0.2) is 24.3 Å². The number of benzene rings is 1. The Bertz CT molecular complexity index is 418. The Morgan fingerprint density at radius 3 is 2.06 bits per heavy atom. The van der Waals surface area contributed by atoms with Gasteiger partial charge in [0.25, 0.3) is 0 Å². The molecule has 17 heavy (non-hydrogen) atoms. The number of carboxylic acids is 1. The number of alkyl halides is 3. The highest BCUT2D eigenvalue weighted by atomic mass is 19.4. The standard InChI is InChI=1S/C7H8N2O.C2HF3O2/c8-7(9)5-2-1-3-6(10)4-5;3-2(4,5)1(6)7/h1-4,10H,(H3,8,9);(H,6,7). The average molecular weight is 250 g/mol.